The standard InChI is InChI=1S/C19H21F2N3O4/c1-10-3-12(7-16(23-10)19(27)28)18(26)24-15(17(25)9-22-2)6-11-4-13(20)8-14(21)5-11/h3-5,7-8,15,17,22,25H,6,9H2,1-2H3,(H,24,26)(H,27,28). The van der Waals surface area contributed by atoms with Crippen molar-refractivity contribution in [3.8, 4) is 0 Å². The van der Waals surface area contributed by atoms with Crippen molar-refractivity contribution in [3.63, 3.8) is 0 Å². The molecule has 0 fully saturated rings. The number of pyridine rings is 1. The molecule has 9 heteroatoms. The van der Waals surface area contributed by atoms with Gasteiger partial charge in [-0.3, -0.25) is 4.79 Å². The summed E-state index contributed by atoms with van der Waals surface area (Å²) < 4.78 is 26.9. The maximum Gasteiger partial charge on any atom is 0.354 e. The maximum absolute atomic E-state index is 13.5. The molecule has 7 nitrogen and oxygen atoms in total. The van der Waals surface area contributed by atoms with Gasteiger partial charge in [-0.15, -0.1) is 0 Å². The largest absolute Gasteiger partial charge is 0.477 e. The highest BCUT2D eigenvalue weighted by atomic mass is 19.1. The van der Waals surface area contributed by atoms with Crippen LogP contribution in [0.4, 0.5) is 8.78 Å². The summed E-state index contributed by atoms with van der Waals surface area (Å²) in [6.45, 7) is 1.67. The van der Waals surface area contributed by atoms with Crippen LogP contribution in [0.3, 0.4) is 0 Å². The highest BCUT2D eigenvalue weighted by Crippen LogP contribution is 2.13. The molecule has 4 N–H and O–H groups in total. The monoisotopic (exact) mass is 393 g/mol. The van der Waals surface area contributed by atoms with Crippen LogP contribution in [-0.2, 0) is 6.42 Å². The molecule has 0 spiro atoms. The number of hydrogen-bond donors (Lipinski definition) is 4. The van der Waals surface area contributed by atoms with Gasteiger partial charge in [0.05, 0.1) is 12.1 Å². The topological polar surface area (TPSA) is 112 Å². The summed E-state index contributed by atoms with van der Waals surface area (Å²) in [6, 6.07) is 4.62. The van der Waals surface area contributed by atoms with E-state index in [1.807, 2.05) is 0 Å². The number of hydrogen-bond acceptors (Lipinski definition) is 5. The Bertz CT molecular complexity index is 856. The first-order chi connectivity index (χ1) is 13.2. The Morgan fingerprint density at radius 1 is 1.14 bits per heavy atom. The number of rotatable bonds is 8. The molecule has 0 radical (unpaired) electrons. The van der Waals surface area contributed by atoms with Crippen LogP contribution < -0.4 is 10.6 Å². The molecule has 1 aromatic heterocycles. The van der Waals surface area contributed by atoms with E-state index in [2.05, 4.69) is 15.6 Å². The normalized spacial score (nSPS) is 13.0. The number of carboxylic acid groups (broad SMARTS) is 1. The van der Waals surface area contributed by atoms with Gasteiger partial charge in [-0.2, -0.15) is 0 Å². The molecular weight excluding hydrogens is 372 g/mol. The second-order valence-electron chi connectivity index (χ2n) is 6.37. The van der Waals surface area contributed by atoms with Crippen molar-refractivity contribution in [1.82, 2.24) is 15.6 Å². The summed E-state index contributed by atoms with van der Waals surface area (Å²) in [5, 5.41) is 24.8. The molecule has 0 aliphatic carbocycles. The van der Waals surface area contributed by atoms with Crippen LogP contribution in [0.1, 0.15) is 32.1 Å². The van der Waals surface area contributed by atoms with Crippen molar-refractivity contribution in [2.24, 2.45) is 0 Å². The fourth-order valence-electron chi connectivity index (χ4n) is 2.78. The third-order valence-electron chi connectivity index (χ3n) is 4.01. The minimum absolute atomic E-state index is 0.0287. The zero-order chi connectivity index (χ0) is 20.8. The lowest BCUT2D eigenvalue weighted by Gasteiger charge is -2.24. The van der Waals surface area contributed by atoms with Crippen LogP contribution in [0.25, 0.3) is 0 Å². The first kappa shape index (κ1) is 21.4. The molecule has 150 valence electrons. The third kappa shape index (κ3) is 5.80. The van der Waals surface area contributed by atoms with Crippen LogP contribution >= 0.6 is 0 Å². The summed E-state index contributed by atoms with van der Waals surface area (Å²) in [7, 11) is 1.61. The first-order valence-corrected chi connectivity index (χ1v) is 8.50. The Kier molecular flexibility index (Phi) is 7.13. The number of aryl methyl sites for hydroxylation is 1. The van der Waals surface area contributed by atoms with Crippen molar-refractivity contribution in [2.75, 3.05) is 13.6 Å². The molecule has 28 heavy (non-hydrogen) atoms. The van der Waals surface area contributed by atoms with Crippen LogP contribution in [0.2, 0.25) is 0 Å². The van der Waals surface area contributed by atoms with Gasteiger partial charge in [0.15, 0.2) is 0 Å². The highest BCUT2D eigenvalue weighted by Gasteiger charge is 2.23. The van der Waals surface area contributed by atoms with E-state index in [1.165, 1.54) is 6.07 Å². The number of aromatic nitrogens is 1. The summed E-state index contributed by atoms with van der Waals surface area (Å²) in [5.74, 6) is -3.44. The predicted molar refractivity (Wildman–Crippen MR) is 97.2 cm³/mol. The molecule has 0 aliphatic rings. The number of likely N-dealkylation sites (N-methyl/N-ethyl adjacent to an activating group) is 1. The smallest absolute Gasteiger partial charge is 0.354 e. The molecular formula is C19H21F2N3O4. The molecule has 0 saturated heterocycles. The van der Waals surface area contributed by atoms with Crippen molar-refractivity contribution in [2.45, 2.75) is 25.5 Å². The lowest BCUT2D eigenvalue weighted by Crippen LogP contribution is -2.48. The fraction of sp³-hybridized carbons (Fsp3) is 0.316. The van der Waals surface area contributed by atoms with Crippen molar-refractivity contribution >= 4 is 11.9 Å². The Labute approximate surface area is 160 Å². The van der Waals surface area contributed by atoms with Crippen LogP contribution in [0.15, 0.2) is 30.3 Å². The molecule has 0 bridgehead atoms. The van der Waals surface area contributed by atoms with Crippen molar-refractivity contribution < 1.29 is 28.6 Å². The average molecular weight is 393 g/mol. The molecule has 2 rings (SSSR count). The van der Waals surface area contributed by atoms with Gasteiger partial charge in [-0.25, -0.2) is 18.6 Å². The van der Waals surface area contributed by atoms with Crippen LogP contribution in [0, 0.1) is 18.6 Å². The second-order valence-corrected chi connectivity index (χ2v) is 6.37. The van der Waals surface area contributed by atoms with E-state index >= 15 is 0 Å². The van der Waals surface area contributed by atoms with Gasteiger partial charge < -0.3 is 20.8 Å². The number of nitrogens with one attached hydrogen (secondary N) is 2. The Morgan fingerprint density at radius 3 is 2.36 bits per heavy atom. The number of nitrogens with zero attached hydrogens (tertiary/aromatic N) is 1. The fourth-order valence-corrected chi connectivity index (χ4v) is 2.78. The van der Waals surface area contributed by atoms with Crippen LogP contribution in [-0.4, -0.2) is 52.8 Å². The minimum Gasteiger partial charge on any atom is -0.477 e. The van der Waals surface area contributed by atoms with Gasteiger partial charge >= 0.3 is 5.97 Å². The third-order valence-corrected chi connectivity index (χ3v) is 4.01. The number of aliphatic hydroxyl groups is 1. The Balaban J connectivity index is 2.27. The number of halogens is 2. The summed E-state index contributed by atoms with van der Waals surface area (Å²) in [4.78, 5) is 27.6. The SMILES string of the molecule is CNCC(O)C(Cc1cc(F)cc(F)c1)NC(=O)c1cc(C)nc(C(=O)O)c1. The van der Waals surface area contributed by atoms with E-state index in [4.69, 9.17) is 5.11 Å². The molecule has 1 heterocycles. The molecule has 2 aromatic rings. The van der Waals surface area contributed by atoms with Crippen molar-refractivity contribution in [1.29, 1.82) is 0 Å². The lowest BCUT2D eigenvalue weighted by atomic mass is 10.00. The van der Waals surface area contributed by atoms with Gasteiger partial charge in [-0.1, -0.05) is 0 Å². The number of carbonyl (C=O) groups is 2. The Hall–Kier alpha value is -2.91. The van der Waals surface area contributed by atoms with Gasteiger partial charge in [-0.05, 0) is 50.2 Å². The number of carbonyl (C=O) groups excluding carboxylic acids is 1. The highest BCUT2D eigenvalue weighted by molar-refractivity contribution is 5.97. The Morgan fingerprint density at radius 2 is 1.79 bits per heavy atom. The van der Waals surface area contributed by atoms with Gasteiger partial charge in [0, 0.05) is 23.9 Å². The van der Waals surface area contributed by atoms with Crippen LogP contribution in [0.5, 0.6) is 0 Å². The number of carboxylic acids is 1. The summed E-state index contributed by atoms with van der Waals surface area (Å²) >= 11 is 0. The maximum atomic E-state index is 13.5. The van der Waals surface area contributed by atoms with Crippen molar-refractivity contribution in [3.05, 3.63) is 64.5 Å². The molecule has 2 atom stereocenters. The average Bonchev–Trinajstić information content (AvgIpc) is 2.59. The first-order valence-electron chi connectivity index (χ1n) is 8.50. The molecule has 2 unspecified atom stereocenters. The lowest BCUT2D eigenvalue weighted by molar-refractivity contribution is 0.0690. The number of aromatic carboxylic acids is 1. The predicted octanol–water partition coefficient (Wildman–Crippen LogP) is 1.29. The molecule has 0 aliphatic heterocycles. The van der Waals surface area contributed by atoms with Gasteiger partial charge in [0.1, 0.15) is 17.3 Å². The van der Waals surface area contributed by atoms with Gasteiger partial charge in [0.25, 0.3) is 5.91 Å². The zero-order valence-electron chi connectivity index (χ0n) is 15.4. The minimum atomic E-state index is -1.28. The quantitative estimate of drug-likeness (QED) is 0.538. The zero-order valence-corrected chi connectivity index (χ0v) is 15.4. The van der Waals surface area contributed by atoms with E-state index in [0.717, 1.165) is 24.3 Å². The number of amides is 1. The van der Waals surface area contributed by atoms with E-state index in [9.17, 15) is 23.5 Å². The molecule has 0 saturated carbocycles. The second kappa shape index (κ2) is 9.34. The van der Waals surface area contributed by atoms with E-state index in [1.54, 1.807) is 14.0 Å². The number of benzene rings is 1. The van der Waals surface area contributed by atoms with E-state index in [-0.39, 0.29) is 29.8 Å². The van der Waals surface area contributed by atoms with E-state index < -0.39 is 35.7 Å². The molecule has 1 amide bonds. The van der Waals surface area contributed by atoms with Gasteiger partial charge in [0.2, 0.25) is 0 Å². The number of aliphatic hydroxyl groups excluding tert-OH is 1. The summed E-state index contributed by atoms with van der Waals surface area (Å²) in [5.41, 5.74) is 0.362. The van der Waals surface area contributed by atoms with E-state index in [0.29, 0.717) is 5.69 Å². The molecule has 1 aromatic carbocycles. The summed E-state index contributed by atoms with van der Waals surface area (Å²) in [6.07, 6.45) is -1.08.